The minimum absolute atomic E-state index is 0.0239. The number of carbonyl (C=O) groups excluding carboxylic acids is 7. The second-order valence-electron chi connectivity index (χ2n) is 9.80. The van der Waals surface area contributed by atoms with Crippen LogP contribution in [0.1, 0.15) is 65.7 Å². The third-order valence-corrected chi connectivity index (χ3v) is 6.86. The average molecular weight is 651 g/mol. The first-order valence-electron chi connectivity index (χ1n) is 14.0. The van der Waals surface area contributed by atoms with E-state index in [2.05, 4.69) is 16.0 Å². The van der Waals surface area contributed by atoms with Gasteiger partial charge in [-0.25, -0.2) is 4.57 Å². The molecule has 0 aromatic carbocycles. The SMILES string of the molecule is CCC(=O)CNC(=O)CCC(=O)CN(CC(=O)O)C(=O)CCC(=O)CNC(=O)CC(=O)NCCOP(=O)(O)OCC(C)CC. The summed E-state index contributed by atoms with van der Waals surface area (Å²) in [5, 5.41) is 15.9. The lowest BCUT2D eigenvalue weighted by Crippen LogP contribution is -2.40. The van der Waals surface area contributed by atoms with E-state index in [1.807, 2.05) is 13.8 Å². The summed E-state index contributed by atoms with van der Waals surface area (Å²) >= 11 is 0. The Morgan fingerprint density at radius 1 is 0.773 bits per heavy atom. The molecule has 5 N–H and O–H groups in total. The van der Waals surface area contributed by atoms with Gasteiger partial charge in [0.2, 0.25) is 23.6 Å². The van der Waals surface area contributed by atoms with E-state index >= 15 is 0 Å². The number of hydrogen-bond donors (Lipinski definition) is 5. The Morgan fingerprint density at radius 3 is 1.98 bits per heavy atom. The summed E-state index contributed by atoms with van der Waals surface area (Å²) in [6, 6.07) is 0. The summed E-state index contributed by atoms with van der Waals surface area (Å²) < 4.78 is 21.3. The van der Waals surface area contributed by atoms with Crippen LogP contribution in [-0.4, -0.2) is 108 Å². The van der Waals surface area contributed by atoms with Gasteiger partial charge < -0.3 is 30.9 Å². The molecule has 0 aliphatic heterocycles. The molecule has 0 spiro atoms. The Balaban J connectivity index is 4.43. The molecule has 0 saturated heterocycles. The summed E-state index contributed by atoms with van der Waals surface area (Å²) in [5.74, 6) is -5.65. The Labute approximate surface area is 255 Å². The van der Waals surface area contributed by atoms with Crippen LogP contribution < -0.4 is 16.0 Å². The van der Waals surface area contributed by atoms with Crippen molar-refractivity contribution in [2.24, 2.45) is 5.92 Å². The number of phosphoric acid groups is 1. The van der Waals surface area contributed by atoms with Gasteiger partial charge in [-0.2, -0.15) is 0 Å². The minimum atomic E-state index is -4.28. The lowest BCUT2D eigenvalue weighted by molar-refractivity contribution is -0.146. The van der Waals surface area contributed by atoms with E-state index in [4.69, 9.17) is 14.2 Å². The summed E-state index contributed by atoms with van der Waals surface area (Å²) in [7, 11) is -4.28. The Kier molecular flexibility index (Phi) is 20.3. The average Bonchev–Trinajstić information content (AvgIpc) is 2.96. The van der Waals surface area contributed by atoms with Crippen LogP contribution in [-0.2, 0) is 52.0 Å². The Morgan fingerprint density at radius 2 is 1.36 bits per heavy atom. The van der Waals surface area contributed by atoms with E-state index in [0.29, 0.717) is 0 Å². The fourth-order valence-corrected chi connectivity index (χ4v) is 3.88. The van der Waals surface area contributed by atoms with Crippen LogP contribution in [0.25, 0.3) is 0 Å². The molecule has 0 rings (SSSR count). The third-order valence-electron chi connectivity index (χ3n) is 5.87. The van der Waals surface area contributed by atoms with Crippen molar-refractivity contribution in [2.45, 2.75) is 65.7 Å². The highest BCUT2D eigenvalue weighted by Gasteiger charge is 2.23. The van der Waals surface area contributed by atoms with Crippen molar-refractivity contribution in [1.29, 1.82) is 0 Å². The Bertz CT molecular complexity index is 1080. The van der Waals surface area contributed by atoms with Crippen LogP contribution >= 0.6 is 7.82 Å². The number of aliphatic carboxylic acids is 1. The number of ketones is 3. The summed E-state index contributed by atoms with van der Waals surface area (Å²) in [5.41, 5.74) is 0. The number of carboxylic acid groups (broad SMARTS) is 1. The van der Waals surface area contributed by atoms with Crippen molar-refractivity contribution in [3.8, 4) is 0 Å². The van der Waals surface area contributed by atoms with Crippen molar-refractivity contribution in [3.05, 3.63) is 0 Å². The molecule has 44 heavy (non-hydrogen) atoms. The molecule has 0 saturated carbocycles. The maximum atomic E-state index is 12.5. The predicted octanol–water partition coefficient (Wildman–Crippen LogP) is -0.504. The van der Waals surface area contributed by atoms with Gasteiger partial charge in [0.25, 0.3) is 0 Å². The topological polar surface area (TPSA) is 252 Å². The van der Waals surface area contributed by atoms with Crippen molar-refractivity contribution in [2.75, 3.05) is 45.9 Å². The molecule has 0 heterocycles. The van der Waals surface area contributed by atoms with Crippen molar-refractivity contribution >= 4 is 54.8 Å². The number of phosphoric ester groups is 1. The fourth-order valence-electron chi connectivity index (χ4n) is 3.04. The highest BCUT2D eigenvalue weighted by atomic mass is 31.2. The quantitative estimate of drug-likeness (QED) is 0.0475. The van der Waals surface area contributed by atoms with Crippen LogP contribution in [0.4, 0.5) is 0 Å². The molecule has 0 radical (unpaired) electrons. The van der Waals surface area contributed by atoms with Crippen LogP contribution in [0.2, 0.25) is 0 Å². The van der Waals surface area contributed by atoms with E-state index in [1.54, 1.807) is 6.92 Å². The zero-order valence-electron chi connectivity index (χ0n) is 25.3. The van der Waals surface area contributed by atoms with Gasteiger partial charge in [-0.15, -0.1) is 0 Å². The summed E-state index contributed by atoms with van der Waals surface area (Å²) in [6.45, 7) is 2.73. The zero-order valence-corrected chi connectivity index (χ0v) is 26.2. The molecule has 18 heteroatoms. The van der Waals surface area contributed by atoms with Gasteiger partial charge in [0, 0.05) is 38.6 Å². The first-order valence-corrected chi connectivity index (χ1v) is 15.5. The largest absolute Gasteiger partial charge is 0.480 e. The molecule has 0 fully saturated rings. The zero-order chi connectivity index (χ0) is 33.7. The summed E-state index contributed by atoms with van der Waals surface area (Å²) in [4.78, 5) is 105. The van der Waals surface area contributed by atoms with Crippen LogP contribution in [0, 0.1) is 5.92 Å². The minimum Gasteiger partial charge on any atom is -0.480 e. The molecular formula is C26H43N4O13P. The first kappa shape index (κ1) is 40.5. The number of carboxylic acids is 1. The summed E-state index contributed by atoms with van der Waals surface area (Å²) in [6.07, 6.45) is -1.07. The van der Waals surface area contributed by atoms with E-state index in [-0.39, 0.29) is 63.7 Å². The molecular weight excluding hydrogens is 607 g/mol. The third kappa shape index (κ3) is 21.2. The highest BCUT2D eigenvalue weighted by Crippen LogP contribution is 2.43. The predicted molar refractivity (Wildman–Crippen MR) is 153 cm³/mol. The van der Waals surface area contributed by atoms with Gasteiger partial charge in [-0.05, 0) is 5.92 Å². The monoisotopic (exact) mass is 650 g/mol. The molecule has 0 aromatic rings. The van der Waals surface area contributed by atoms with Gasteiger partial charge in [0.15, 0.2) is 17.3 Å². The fraction of sp³-hybridized carbons (Fsp3) is 0.692. The molecule has 17 nitrogen and oxygen atoms in total. The molecule has 0 bridgehead atoms. The number of Topliss-reactive ketones (excluding diaryl/α,β-unsaturated/α-hetero) is 3. The van der Waals surface area contributed by atoms with E-state index in [0.717, 1.165) is 11.3 Å². The second kappa shape index (κ2) is 22.0. The number of hydrogen-bond acceptors (Lipinski definition) is 11. The van der Waals surface area contributed by atoms with Crippen LogP contribution in [0.15, 0.2) is 0 Å². The molecule has 2 atom stereocenters. The number of amides is 4. The molecule has 4 amide bonds. The molecule has 250 valence electrons. The number of nitrogens with zero attached hydrogens (tertiary/aromatic N) is 1. The molecule has 2 unspecified atom stereocenters. The van der Waals surface area contributed by atoms with Crippen molar-refractivity contribution in [1.82, 2.24) is 20.9 Å². The van der Waals surface area contributed by atoms with Crippen molar-refractivity contribution in [3.63, 3.8) is 0 Å². The second-order valence-corrected chi connectivity index (χ2v) is 11.3. The van der Waals surface area contributed by atoms with Gasteiger partial charge in [-0.3, -0.25) is 47.4 Å². The molecule has 0 aliphatic rings. The normalized spacial score (nSPS) is 12.7. The number of rotatable bonds is 25. The van der Waals surface area contributed by atoms with Crippen LogP contribution in [0.3, 0.4) is 0 Å². The highest BCUT2D eigenvalue weighted by molar-refractivity contribution is 7.47. The maximum Gasteiger partial charge on any atom is 0.472 e. The van der Waals surface area contributed by atoms with E-state index in [1.165, 1.54) is 0 Å². The van der Waals surface area contributed by atoms with Gasteiger partial charge in [-0.1, -0.05) is 27.2 Å². The van der Waals surface area contributed by atoms with Crippen LogP contribution in [0.5, 0.6) is 0 Å². The standard InChI is InChI=1S/C26H43N4O13P/c1-4-18(3)17-43-44(40,41)42-11-10-27-23(35)12-24(36)29-14-20(32)7-9-25(37)30(16-26(38)39)15-21(33)6-8-22(34)28-13-19(31)5-2/h18H,4-17H2,1-3H3,(H,27,35)(H,28,34)(H,29,36)(H,38,39)(H,40,41). The first-order chi connectivity index (χ1) is 20.6. The molecule has 0 aliphatic carbocycles. The Hall–Kier alpha value is -3.53. The lowest BCUT2D eigenvalue weighted by atomic mass is 10.1. The van der Waals surface area contributed by atoms with Crippen molar-refractivity contribution < 1.29 is 62.0 Å². The molecule has 0 aromatic heterocycles. The van der Waals surface area contributed by atoms with E-state index in [9.17, 15) is 47.8 Å². The van der Waals surface area contributed by atoms with Gasteiger partial charge >= 0.3 is 13.8 Å². The van der Waals surface area contributed by atoms with Gasteiger partial charge in [0.05, 0.1) is 32.8 Å². The van der Waals surface area contributed by atoms with Gasteiger partial charge in [0.1, 0.15) is 13.0 Å². The number of nitrogens with one attached hydrogen (secondary N) is 3. The smallest absolute Gasteiger partial charge is 0.472 e. The maximum absolute atomic E-state index is 12.5. The number of carbonyl (C=O) groups is 8. The van der Waals surface area contributed by atoms with E-state index < -0.39 is 81.5 Å². The lowest BCUT2D eigenvalue weighted by Gasteiger charge is -2.20.